The molecule has 0 aliphatic carbocycles. The zero-order valence-electron chi connectivity index (χ0n) is 20.6. The monoisotopic (exact) mass is 537 g/mol. The van der Waals surface area contributed by atoms with Crippen LogP contribution in [0, 0.1) is 5.41 Å². The van der Waals surface area contributed by atoms with Gasteiger partial charge >= 0.3 is 12.3 Å². The summed E-state index contributed by atoms with van der Waals surface area (Å²) in [6, 6.07) is 4.91. The second kappa shape index (κ2) is 14.5. The summed E-state index contributed by atoms with van der Waals surface area (Å²) in [7, 11) is 0.953. The van der Waals surface area contributed by atoms with E-state index in [2.05, 4.69) is 20.4 Å². The minimum atomic E-state index is -4.81. The van der Waals surface area contributed by atoms with E-state index in [9.17, 15) is 36.6 Å². The Morgan fingerprint density at radius 3 is 2.32 bits per heavy atom. The number of alkyl halides is 5. The average Bonchev–Trinajstić information content (AvgIpc) is 2.82. The number of alkyl carbamates (subject to hydrolysis) is 1. The molecule has 0 aliphatic heterocycles. The normalized spacial score (nSPS) is 14.5. The molecule has 1 aromatic rings. The summed E-state index contributed by atoms with van der Waals surface area (Å²) in [5.74, 6) is -1.13. The molecule has 0 aliphatic rings. The lowest BCUT2D eigenvalue weighted by atomic mass is 9.83. The average molecular weight is 538 g/mol. The Labute approximate surface area is 211 Å². The molecule has 6 N–H and O–H groups in total. The molecule has 2 amide bonds. The van der Waals surface area contributed by atoms with Gasteiger partial charge in [-0.2, -0.15) is 13.2 Å². The van der Waals surface area contributed by atoms with Gasteiger partial charge in [0.15, 0.2) is 0 Å². The topological polar surface area (TPSA) is 138 Å². The molecule has 0 saturated carbocycles. The number of aliphatic hydroxyl groups is 1. The van der Waals surface area contributed by atoms with Crippen molar-refractivity contribution in [1.82, 2.24) is 16.0 Å². The van der Waals surface area contributed by atoms with Crippen LogP contribution in [0.1, 0.15) is 25.0 Å². The number of nitrogens with two attached hydrogens (primary N) is 1. The number of aliphatic imine (C=N–C) groups is 1. The number of nitrogens with zero attached hydrogens (tertiary/aromatic N) is 1. The summed E-state index contributed by atoms with van der Waals surface area (Å²) < 4.78 is 68.7. The molecule has 0 radical (unpaired) electrons. The lowest BCUT2D eigenvalue weighted by Crippen LogP contribution is -2.60. The van der Waals surface area contributed by atoms with E-state index in [0.717, 1.165) is 26.5 Å². The third kappa shape index (κ3) is 10.7. The molecule has 2 atom stereocenters. The van der Waals surface area contributed by atoms with Crippen LogP contribution in [0.15, 0.2) is 35.3 Å². The van der Waals surface area contributed by atoms with Crippen LogP contribution in [-0.4, -0.2) is 74.8 Å². The summed E-state index contributed by atoms with van der Waals surface area (Å²) in [6.07, 6.45) is -7.08. The van der Waals surface area contributed by atoms with Gasteiger partial charge in [0.2, 0.25) is 5.91 Å². The number of amides is 2. The Hall–Kier alpha value is -3.26. The lowest BCUT2D eigenvalue weighted by Gasteiger charge is -2.35. The summed E-state index contributed by atoms with van der Waals surface area (Å²) in [5, 5.41) is 17.2. The molecule has 37 heavy (non-hydrogen) atoms. The van der Waals surface area contributed by atoms with Crippen LogP contribution in [-0.2, 0) is 16.1 Å². The molecule has 0 heterocycles. The first-order chi connectivity index (χ1) is 17.2. The SMILES string of the molecule is COC(=O)NC(C(=O)NC[C@@H](O)CNCc1ccc(C(N)=CC=NCC(F)F)cc1)C(C)(C)C(F)(F)F. The highest BCUT2D eigenvalue weighted by Crippen LogP contribution is 2.40. The number of hydrogen-bond acceptors (Lipinski definition) is 7. The Morgan fingerprint density at radius 1 is 1.16 bits per heavy atom. The van der Waals surface area contributed by atoms with Gasteiger partial charge in [-0.25, -0.2) is 13.6 Å². The summed E-state index contributed by atoms with van der Waals surface area (Å²) in [6.45, 7) is 0.871. The number of rotatable bonds is 13. The summed E-state index contributed by atoms with van der Waals surface area (Å²) in [4.78, 5) is 27.4. The van der Waals surface area contributed by atoms with Gasteiger partial charge in [0.25, 0.3) is 6.43 Å². The second-order valence-electron chi connectivity index (χ2n) is 8.54. The van der Waals surface area contributed by atoms with E-state index in [1.165, 1.54) is 12.3 Å². The van der Waals surface area contributed by atoms with E-state index in [1.807, 2.05) is 5.32 Å². The summed E-state index contributed by atoms with van der Waals surface area (Å²) >= 11 is 0. The standard InChI is InChI=1S/C23H32F5N5O4/c1-22(2,23(26,27)28)19(33-21(36)37-3)20(35)32-12-16(34)11-31-10-14-4-6-15(7-5-14)17(29)8-9-30-13-18(24)25/h4-9,16,18-19,31,34H,10-13,29H2,1-3H3,(H,32,35)(H,33,36)/t16-,19?/m0/s1. The van der Waals surface area contributed by atoms with Gasteiger partial charge in [0.05, 0.1) is 25.2 Å². The van der Waals surface area contributed by atoms with Crippen molar-refractivity contribution in [3.63, 3.8) is 0 Å². The van der Waals surface area contributed by atoms with Crippen LogP contribution in [0.3, 0.4) is 0 Å². The Bertz CT molecular complexity index is 936. The highest BCUT2D eigenvalue weighted by atomic mass is 19.4. The van der Waals surface area contributed by atoms with Crippen LogP contribution < -0.4 is 21.7 Å². The first-order valence-electron chi connectivity index (χ1n) is 11.1. The number of allylic oxidation sites excluding steroid dienone is 1. The lowest BCUT2D eigenvalue weighted by molar-refractivity contribution is -0.220. The van der Waals surface area contributed by atoms with E-state index in [1.54, 1.807) is 24.3 Å². The number of methoxy groups -OCH3 is 1. The van der Waals surface area contributed by atoms with Crippen LogP contribution in [0.2, 0.25) is 0 Å². The molecular weight excluding hydrogens is 505 g/mol. The molecule has 0 bridgehead atoms. The zero-order valence-corrected chi connectivity index (χ0v) is 20.6. The number of carbonyl (C=O) groups is 2. The maximum Gasteiger partial charge on any atom is 0.407 e. The van der Waals surface area contributed by atoms with Crippen molar-refractivity contribution in [3.8, 4) is 0 Å². The fraction of sp³-hybridized carbons (Fsp3) is 0.522. The van der Waals surface area contributed by atoms with Gasteiger partial charge in [-0.05, 0) is 31.1 Å². The molecule has 9 nitrogen and oxygen atoms in total. The van der Waals surface area contributed by atoms with E-state index in [-0.39, 0.29) is 13.1 Å². The van der Waals surface area contributed by atoms with Gasteiger partial charge in [-0.1, -0.05) is 24.3 Å². The van der Waals surface area contributed by atoms with Crippen molar-refractivity contribution < 1.29 is 41.4 Å². The predicted molar refractivity (Wildman–Crippen MR) is 128 cm³/mol. The molecular formula is C23H32F5N5O4. The highest BCUT2D eigenvalue weighted by molar-refractivity contribution is 5.86. The van der Waals surface area contributed by atoms with Crippen LogP contribution in [0.25, 0.3) is 5.70 Å². The van der Waals surface area contributed by atoms with Crippen molar-refractivity contribution in [3.05, 3.63) is 41.5 Å². The Kier molecular flexibility index (Phi) is 12.4. The van der Waals surface area contributed by atoms with Gasteiger partial charge in [0.1, 0.15) is 6.04 Å². The fourth-order valence-corrected chi connectivity index (χ4v) is 2.87. The predicted octanol–water partition coefficient (Wildman–Crippen LogP) is 2.20. The van der Waals surface area contributed by atoms with E-state index in [0.29, 0.717) is 17.8 Å². The molecule has 0 fully saturated rings. The van der Waals surface area contributed by atoms with Gasteiger partial charge < -0.3 is 31.5 Å². The number of aliphatic hydroxyl groups excluding tert-OH is 1. The molecule has 0 aromatic heterocycles. The maximum atomic E-state index is 13.4. The van der Waals surface area contributed by atoms with Crippen molar-refractivity contribution in [2.75, 3.05) is 26.7 Å². The number of hydrogen-bond donors (Lipinski definition) is 5. The first kappa shape index (κ1) is 31.8. The number of ether oxygens (including phenoxy) is 1. The van der Waals surface area contributed by atoms with E-state index in [4.69, 9.17) is 5.73 Å². The van der Waals surface area contributed by atoms with Gasteiger partial charge in [0, 0.05) is 31.5 Å². The zero-order chi connectivity index (χ0) is 28.2. The largest absolute Gasteiger partial charge is 0.453 e. The van der Waals surface area contributed by atoms with Crippen LogP contribution in [0.5, 0.6) is 0 Å². The quantitative estimate of drug-likeness (QED) is 0.193. The first-order valence-corrected chi connectivity index (χ1v) is 11.1. The van der Waals surface area contributed by atoms with Crippen LogP contribution in [0.4, 0.5) is 26.7 Å². The number of benzene rings is 1. The molecule has 0 spiro atoms. The van der Waals surface area contributed by atoms with E-state index < -0.39 is 48.7 Å². The molecule has 1 rings (SSSR count). The molecule has 0 saturated heterocycles. The fourth-order valence-electron chi connectivity index (χ4n) is 2.87. The maximum absolute atomic E-state index is 13.4. The van der Waals surface area contributed by atoms with Crippen molar-refractivity contribution >= 4 is 23.9 Å². The smallest absolute Gasteiger partial charge is 0.407 e. The Balaban J connectivity index is 2.58. The van der Waals surface area contributed by atoms with Gasteiger partial charge in [-0.3, -0.25) is 9.79 Å². The molecule has 208 valence electrons. The van der Waals surface area contributed by atoms with Crippen LogP contribution >= 0.6 is 0 Å². The number of halogens is 5. The van der Waals surface area contributed by atoms with E-state index >= 15 is 0 Å². The third-order valence-electron chi connectivity index (χ3n) is 5.27. The van der Waals surface area contributed by atoms with Crippen molar-refractivity contribution in [2.45, 2.75) is 45.1 Å². The number of carbonyl (C=O) groups excluding carboxylic acids is 2. The molecule has 14 heteroatoms. The minimum absolute atomic E-state index is 0.00242. The molecule has 1 aromatic carbocycles. The highest BCUT2D eigenvalue weighted by Gasteiger charge is 2.55. The number of nitrogens with one attached hydrogen (secondary N) is 3. The Morgan fingerprint density at radius 2 is 1.78 bits per heavy atom. The summed E-state index contributed by atoms with van der Waals surface area (Å²) in [5.41, 5.74) is 5.05. The third-order valence-corrected chi connectivity index (χ3v) is 5.27. The molecule has 1 unspecified atom stereocenters. The second-order valence-corrected chi connectivity index (χ2v) is 8.54. The van der Waals surface area contributed by atoms with Gasteiger partial charge in [-0.15, -0.1) is 0 Å². The minimum Gasteiger partial charge on any atom is -0.453 e. The van der Waals surface area contributed by atoms with Crippen molar-refractivity contribution in [2.24, 2.45) is 16.1 Å². The van der Waals surface area contributed by atoms with Crippen molar-refractivity contribution in [1.29, 1.82) is 0 Å².